The van der Waals surface area contributed by atoms with Gasteiger partial charge < -0.3 is 19.4 Å². The van der Waals surface area contributed by atoms with Gasteiger partial charge in [-0.1, -0.05) is 0 Å². The van der Waals surface area contributed by atoms with Crippen LogP contribution in [0.3, 0.4) is 0 Å². The Morgan fingerprint density at radius 2 is 2.04 bits per heavy atom. The smallest absolute Gasteiger partial charge is 0.224 e. The second kappa shape index (κ2) is 8.15. The summed E-state index contributed by atoms with van der Waals surface area (Å²) in [6, 6.07) is 4.13. The van der Waals surface area contributed by atoms with Crippen LogP contribution < -0.4 is 4.90 Å². The van der Waals surface area contributed by atoms with E-state index < -0.39 is 0 Å². The highest BCUT2D eigenvalue weighted by Gasteiger charge is 2.27. The van der Waals surface area contributed by atoms with Gasteiger partial charge in [-0.05, 0) is 45.0 Å². The molecule has 0 aromatic carbocycles. The second-order valence-corrected chi connectivity index (χ2v) is 7.28. The highest BCUT2D eigenvalue weighted by Crippen LogP contribution is 2.25. The minimum Gasteiger partial charge on any atom is -0.378 e. The van der Waals surface area contributed by atoms with E-state index >= 15 is 0 Å². The summed E-state index contributed by atoms with van der Waals surface area (Å²) in [5.74, 6) is 0.237. The minimum atomic E-state index is -0.136. The minimum absolute atomic E-state index is 0.136. The third-order valence-electron chi connectivity index (χ3n) is 5.06. The Kier molecular flexibility index (Phi) is 5.91. The molecule has 1 aromatic heterocycles. The first-order valence-electron chi connectivity index (χ1n) is 9.30. The van der Waals surface area contributed by atoms with Crippen LogP contribution in [0, 0.1) is 6.92 Å². The van der Waals surface area contributed by atoms with Gasteiger partial charge in [0.05, 0.1) is 18.8 Å². The van der Waals surface area contributed by atoms with Crippen molar-refractivity contribution in [3.63, 3.8) is 0 Å². The lowest BCUT2D eigenvalue weighted by atomic mass is 10.1. The number of carbonyl (C=O) groups is 1. The third-order valence-corrected chi connectivity index (χ3v) is 5.06. The topological polar surface area (TPSA) is 48.9 Å². The fourth-order valence-corrected chi connectivity index (χ4v) is 3.57. The Balaban J connectivity index is 1.61. The lowest BCUT2D eigenvalue weighted by molar-refractivity contribution is -0.139. The molecule has 0 bridgehead atoms. The normalized spacial score (nSPS) is 21.6. The van der Waals surface area contributed by atoms with E-state index in [9.17, 15) is 4.79 Å². The molecule has 2 fully saturated rings. The van der Waals surface area contributed by atoms with Crippen molar-refractivity contribution in [2.24, 2.45) is 0 Å². The summed E-state index contributed by atoms with van der Waals surface area (Å²) in [6.45, 7) is 7.02. The van der Waals surface area contributed by atoms with Crippen LogP contribution in [-0.4, -0.2) is 74.1 Å². The van der Waals surface area contributed by atoms with Crippen molar-refractivity contribution in [3.8, 4) is 0 Å². The van der Waals surface area contributed by atoms with Gasteiger partial charge in [-0.25, -0.2) is 0 Å². The Labute approximate surface area is 150 Å². The van der Waals surface area contributed by atoms with Gasteiger partial charge in [-0.3, -0.25) is 9.78 Å². The van der Waals surface area contributed by atoms with Crippen LogP contribution in [0.2, 0.25) is 0 Å². The summed E-state index contributed by atoms with van der Waals surface area (Å²) in [7, 11) is 4.04. The average molecular weight is 346 g/mol. The Morgan fingerprint density at radius 1 is 1.28 bits per heavy atom. The molecular formula is C19H30N4O2. The summed E-state index contributed by atoms with van der Waals surface area (Å²) < 4.78 is 5.93. The zero-order valence-electron chi connectivity index (χ0n) is 15.7. The summed E-state index contributed by atoms with van der Waals surface area (Å²) in [4.78, 5) is 23.6. The van der Waals surface area contributed by atoms with E-state index in [1.54, 1.807) is 0 Å². The van der Waals surface area contributed by atoms with E-state index in [-0.39, 0.29) is 12.0 Å². The molecule has 2 aliphatic rings. The van der Waals surface area contributed by atoms with Crippen molar-refractivity contribution in [2.45, 2.75) is 32.3 Å². The molecule has 6 nitrogen and oxygen atoms in total. The van der Waals surface area contributed by atoms with Crippen molar-refractivity contribution >= 4 is 11.6 Å². The van der Waals surface area contributed by atoms with Gasteiger partial charge >= 0.3 is 0 Å². The molecule has 2 saturated heterocycles. The lowest BCUT2D eigenvalue weighted by Crippen LogP contribution is -2.43. The van der Waals surface area contributed by atoms with Gasteiger partial charge in [0.15, 0.2) is 0 Å². The van der Waals surface area contributed by atoms with Gasteiger partial charge in [0.2, 0.25) is 5.91 Å². The molecule has 138 valence electrons. The van der Waals surface area contributed by atoms with E-state index in [1.165, 1.54) is 12.8 Å². The molecule has 6 heteroatoms. The summed E-state index contributed by atoms with van der Waals surface area (Å²) in [5.41, 5.74) is 3.01. The predicted molar refractivity (Wildman–Crippen MR) is 98.9 cm³/mol. The largest absolute Gasteiger partial charge is 0.378 e. The Bertz CT molecular complexity index is 599. The number of pyridine rings is 1. The Hall–Kier alpha value is -1.66. The van der Waals surface area contributed by atoms with Crippen molar-refractivity contribution in [2.75, 3.05) is 58.3 Å². The molecule has 1 amide bonds. The van der Waals surface area contributed by atoms with Gasteiger partial charge in [-0.2, -0.15) is 0 Å². The highest BCUT2D eigenvalue weighted by atomic mass is 16.5. The van der Waals surface area contributed by atoms with Gasteiger partial charge in [0.1, 0.15) is 6.10 Å². The van der Waals surface area contributed by atoms with E-state index in [2.05, 4.69) is 26.9 Å². The standard InChI is InChI=1S/C19H30N4O2/c1-15-12-16(21(2)3)13-17(20-15)18-14-23(10-11-25-18)19(24)6-9-22-7-4-5-8-22/h12-13,18H,4-11,14H2,1-3H3/t18-/m0/s1. The molecule has 3 heterocycles. The van der Waals surface area contributed by atoms with Crippen molar-refractivity contribution < 1.29 is 9.53 Å². The summed E-state index contributed by atoms with van der Waals surface area (Å²) >= 11 is 0. The van der Waals surface area contributed by atoms with Crippen LogP contribution in [0.1, 0.15) is 36.8 Å². The number of ether oxygens (including phenoxy) is 1. The molecule has 1 aromatic rings. The number of aryl methyl sites for hydroxylation is 1. The van der Waals surface area contributed by atoms with E-state index in [4.69, 9.17) is 4.74 Å². The molecule has 0 radical (unpaired) electrons. The summed E-state index contributed by atoms with van der Waals surface area (Å²) in [6.07, 6.45) is 3.00. The van der Waals surface area contributed by atoms with E-state index in [0.29, 0.717) is 26.1 Å². The van der Waals surface area contributed by atoms with E-state index in [0.717, 1.165) is 36.7 Å². The van der Waals surface area contributed by atoms with Crippen LogP contribution in [0.15, 0.2) is 12.1 Å². The van der Waals surface area contributed by atoms with Crippen molar-refractivity contribution in [1.29, 1.82) is 0 Å². The van der Waals surface area contributed by atoms with Gasteiger partial charge in [-0.15, -0.1) is 0 Å². The van der Waals surface area contributed by atoms with Crippen LogP contribution in [0.5, 0.6) is 0 Å². The second-order valence-electron chi connectivity index (χ2n) is 7.28. The summed E-state index contributed by atoms with van der Waals surface area (Å²) in [5, 5.41) is 0. The third kappa shape index (κ3) is 4.70. The molecule has 3 rings (SSSR count). The number of aromatic nitrogens is 1. The maximum absolute atomic E-state index is 12.6. The van der Waals surface area contributed by atoms with Crippen LogP contribution in [0.4, 0.5) is 5.69 Å². The fraction of sp³-hybridized carbons (Fsp3) is 0.684. The van der Waals surface area contributed by atoms with Crippen LogP contribution >= 0.6 is 0 Å². The first-order chi connectivity index (χ1) is 12.0. The monoisotopic (exact) mass is 346 g/mol. The molecule has 2 aliphatic heterocycles. The number of amides is 1. The maximum atomic E-state index is 12.6. The zero-order valence-corrected chi connectivity index (χ0v) is 15.7. The molecule has 0 aliphatic carbocycles. The average Bonchev–Trinajstić information content (AvgIpc) is 3.12. The van der Waals surface area contributed by atoms with Gasteiger partial charge in [0, 0.05) is 45.0 Å². The molecule has 0 spiro atoms. The molecule has 25 heavy (non-hydrogen) atoms. The number of likely N-dealkylation sites (tertiary alicyclic amines) is 1. The lowest BCUT2D eigenvalue weighted by Gasteiger charge is -2.33. The number of nitrogens with zero attached hydrogens (tertiary/aromatic N) is 4. The molecule has 1 atom stereocenters. The predicted octanol–water partition coefficient (Wildman–Crippen LogP) is 1.84. The highest BCUT2D eigenvalue weighted by molar-refractivity contribution is 5.76. The number of hydrogen-bond acceptors (Lipinski definition) is 5. The first-order valence-corrected chi connectivity index (χ1v) is 9.30. The zero-order chi connectivity index (χ0) is 17.8. The number of carbonyl (C=O) groups excluding carboxylic acids is 1. The first kappa shape index (κ1) is 18.1. The van der Waals surface area contributed by atoms with Crippen molar-refractivity contribution in [3.05, 3.63) is 23.5 Å². The van der Waals surface area contributed by atoms with Crippen LogP contribution in [0.25, 0.3) is 0 Å². The number of rotatable bonds is 5. The van der Waals surface area contributed by atoms with Gasteiger partial charge in [0.25, 0.3) is 0 Å². The quantitative estimate of drug-likeness (QED) is 0.814. The number of hydrogen-bond donors (Lipinski definition) is 0. The Morgan fingerprint density at radius 3 is 2.76 bits per heavy atom. The van der Waals surface area contributed by atoms with E-state index in [1.807, 2.05) is 25.9 Å². The molecule has 0 N–H and O–H groups in total. The number of anilines is 1. The van der Waals surface area contributed by atoms with Crippen LogP contribution in [-0.2, 0) is 9.53 Å². The fourth-order valence-electron chi connectivity index (χ4n) is 3.57. The molecular weight excluding hydrogens is 316 g/mol. The molecule has 0 unspecified atom stereocenters. The van der Waals surface area contributed by atoms with Crippen molar-refractivity contribution in [1.82, 2.24) is 14.8 Å². The maximum Gasteiger partial charge on any atom is 0.224 e. The SMILES string of the molecule is Cc1cc(N(C)C)cc([C@@H]2CN(C(=O)CCN3CCCC3)CCO2)n1. The molecule has 0 saturated carbocycles. The number of morpholine rings is 1.